The molecule has 0 saturated carbocycles. The van der Waals surface area contributed by atoms with Gasteiger partial charge in [0, 0.05) is 25.7 Å². The normalized spacial score (nSPS) is 23.5. The Hall–Kier alpha value is -0.800. The summed E-state index contributed by atoms with van der Waals surface area (Å²) in [7, 11) is 0. The molecule has 2 heterocycles. The van der Waals surface area contributed by atoms with E-state index in [1.807, 2.05) is 12.1 Å². The molecule has 0 bridgehead atoms. The molecule has 0 aliphatic carbocycles. The second-order valence-corrected chi connectivity index (χ2v) is 4.62. The van der Waals surface area contributed by atoms with Crippen molar-refractivity contribution in [2.24, 2.45) is 5.92 Å². The fourth-order valence-corrected chi connectivity index (χ4v) is 2.06. The summed E-state index contributed by atoms with van der Waals surface area (Å²) in [6.45, 7) is 8.81. The van der Waals surface area contributed by atoms with E-state index in [2.05, 4.69) is 24.1 Å². The van der Waals surface area contributed by atoms with E-state index >= 15 is 0 Å². The Morgan fingerprint density at radius 3 is 3.13 bits per heavy atom. The van der Waals surface area contributed by atoms with E-state index in [0.29, 0.717) is 12.0 Å². The second-order valence-electron chi connectivity index (χ2n) is 4.62. The quantitative estimate of drug-likeness (QED) is 0.819. The molecule has 84 valence electrons. The third-order valence-corrected chi connectivity index (χ3v) is 3.05. The predicted molar refractivity (Wildman–Crippen MR) is 60.6 cm³/mol. The second kappa shape index (κ2) is 4.81. The number of nitrogens with one attached hydrogen (secondary N) is 1. The van der Waals surface area contributed by atoms with Gasteiger partial charge in [-0.1, -0.05) is 13.8 Å². The fraction of sp³-hybridized carbons (Fsp3) is 0.667. The molecular weight excluding hydrogens is 188 g/mol. The molecule has 1 fully saturated rings. The highest BCUT2D eigenvalue weighted by molar-refractivity contribution is 4.98. The Balaban J connectivity index is 1.88. The van der Waals surface area contributed by atoms with E-state index in [0.717, 1.165) is 31.9 Å². The number of hydrogen-bond acceptors (Lipinski definition) is 3. The monoisotopic (exact) mass is 208 g/mol. The van der Waals surface area contributed by atoms with Crippen LogP contribution in [-0.2, 0) is 6.54 Å². The maximum Gasteiger partial charge on any atom is 0.117 e. The summed E-state index contributed by atoms with van der Waals surface area (Å²) in [4.78, 5) is 2.46. The Kier molecular flexibility index (Phi) is 3.44. The van der Waals surface area contributed by atoms with E-state index < -0.39 is 0 Å². The molecule has 1 N–H and O–H groups in total. The summed E-state index contributed by atoms with van der Waals surface area (Å²) < 4.78 is 5.37. The standard InChI is InChI=1S/C12H20N2O/c1-10(2)12-9-14(6-5-13-12)8-11-4-3-7-15-11/h3-4,7,10,12-13H,5-6,8-9H2,1-2H3/t12-/m0/s1. The molecule has 0 amide bonds. The third-order valence-electron chi connectivity index (χ3n) is 3.05. The van der Waals surface area contributed by atoms with E-state index in [1.165, 1.54) is 0 Å². The molecule has 0 unspecified atom stereocenters. The molecule has 2 rings (SSSR count). The minimum atomic E-state index is 0.619. The van der Waals surface area contributed by atoms with Gasteiger partial charge in [0.2, 0.25) is 0 Å². The van der Waals surface area contributed by atoms with Gasteiger partial charge in [0.05, 0.1) is 12.8 Å². The van der Waals surface area contributed by atoms with Gasteiger partial charge < -0.3 is 9.73 Å². The first-order valence-corrected chi connectivity index (χ1v) is 5.74. The number of nitrogens with zero attached hydrogens (tertiary/aromatic N) is 1. The first-order valence-electron chi connectivity index (χ1n) is 5.74. The zero-order valence-electron chi connectivity index (χ0n) is 9.57. The fourth-order valence-electron chi connectivity index (χ4n) is 2.06. The lowest BCUT2D eigenvalue weighted by Gasteiger charge is -2.35. The Labute approximate surface area is 91.4 Å². The minimum absolute atomic E-state index is 0.619. The van der Waals surface area contributed by atoms with Crippen LogP contribution in [0.25, 0.3) is 0 Å². The van der Waals surface area contributed by atoms with Crippen LogP contribution >= 0.6 is 0 Å². The van der Waals surface area contributed by atoms with E-state index in [4.69, 9.17) is 4.42 Å². The van der Waals surface area contributed by atoms with Crippen molar-refractivity contribution in [3.63, 3.8) is 0 Å². The van der Waals surface area contributed by atoms with Gasteiger partial charge in [0.25, 0.3) is 0 Å². The van der Waals surface area contributed by atoms with Crippen LogP contribution in [0.15, 0.2) is 22.8 Å². The van der Waals surface area contributed by atoms with Crippen LogP contribution in [0, 0.1) is 5.92 Å². The Bertz CT molecular complexity index is 282. The van der Waals surface area contributed by atoms with E-state index in [1.54, 1.807) is 6.26 Å². The molecule has 0 radical (unpaired) electrons. The van der Waals surface area contributed by atoms with Crippen molar-refractivity contribution in [3.8, 4) is 0 Å². The van der Waals surface area contributed by atoms with Crippen molar-refractivity contribution >= 4 is 0 Å². The van der Waals surface area contributed by atoms with Crippen LogP contribution in [-0.4, -0.2) is 30.6 Å². The lowest BCUT2D eigenvalue weighted by atomic mass is 10.0. The summed E-state index contributed by atoms with van der Waals surface area (Å²) in [6.07, 6.45) is 1.75. The van der Waals surface area contributed by atoms with Crippen molar-refractivity contribution in [1.29, 1.82) is 0 Å². The molecular formula is C12H20N2O. The molecule has 1 saturated heterocycles. The maximum atomic E-state index is 5.37. The van der Waals surface area contributed by atoms with Gasteiger partial charge in [0.15, 0.2) is 0 Å². The SMILES string of the molecule is CC(C)[C@@H]1CN(Cc2ccco2)CCN1. The van der Waals surface area contributed by atoms with Gasteiger partial charge in [-0.05, 0) is 18.1 Å². The average molecular weight is 208 g/mol. The number of furan rings is 1. The van der Waals surface area contributed by atoms with Gasteiger partial charge >= 0.3 is 0 Å². The Morgan fingerprint density at radius 1 is 1.60 bits per heavy atom. The van der Waals surface area contributed by atoms with Crippen molar-refractivity contribution < 1.29 is 4.42 Å². The van der Waals surface area contributed by atoms with Gasteiger partial charge in [-0.3, -0.25) is 4.90 Å². The average Bonchev–Trinajstić information content (AvgIpc) is 2.71. The first kappa shape index (κ1) is 10.7. The number of rotatable bonds is 3. The highest BCUT2D eigenvalue weighted by Gasteiger charge is 2.21. The molecule has 1 aliphatic heterocycles. The highest BCUT2D eigenvalue weighted by atomic mass is 16.3. The molecule has 3 heteroatoms. The molecule has 1 aromatic heterocycles. The largest absolute Gasteiger partial charge is 0.468 e. The van der Waals surface area contributed by atoms with Gasteiger partial charge in [-0.15, -0.1) is 0 Å². The summed E-state index contributed by atoms with van der Waals surface area (Å²) >= 11 is 0. The smallest absolute Gasteiger partial charge is 0.117 e. The van der Waals surface area contributed by atoms with Gasteiger partial charge in [-0.25, -0.2) is 0 Å². The zero-order valence-corrected chi connectivity index (χ0v) is 9.57. The number of piperazine rings is 1. The third kappa shape index (κ3) is 2.83. The molecule has 1 aliphatic rings. The molecule has 3 nitrogen and oxygen atoms in total. The minimum Gasteiger partial charge on any atom is -0.468 e. The van der Waals surface area contributed by atoms with Crippen LogP contribution < -0.4 is 5.32 Å². The first-order chi connectivity index (χ1) is 7.25. The summed E-state index contributed by atoms with van der Waals surface area (Å²) in [6, 6.07) is 4.62. The lowest BCUT2D eigenvalue weighted by molar-refractivity contribution is 0.159. The molecule has 15 heavy (non-hydrogen) atoms. The molecule has 0 aromatic carbocycles. The summed E-state index contributed by atoms with van der Waals surface area (Å²) in [5.74, 6) is 1.77. The van der Waals surface area contributed by atoms with E-state index in [-0.39, 0.29) is 0 Å². The van der Waals surface area contributed by atoms with Crippen LogP contribution in [0.3, 0.4) is 0 Å². The summed E-state index contributed by atoms with van der Waals surface area (Å²) in [5, 5.41) is 3.56. The lowest BCUT2D eigenvalue weighted by Crippen LogP contribution is -2.52. The van der Waals surface area contributed by atoms with Crippen LogP contribution in [0.2, 0.25) is 0 Å². The Morgan fingerprint density at radius 2 is 2.47 bits per heavy atom. The van der Waals surface area contributed by atoms with Crippen molar-refractivity contribution in [2.75, 3.05) is 19.6 Å². The van der Waals surface area contributed by atoms with E-state index in [9.17, 15) is 0 Å². The van der Waals surface area contributed by atoms with Crippen molar-refractivity contribution in [2.45, 2.75) is 26.4 Å². The van der Waals surface area contributed by atoms with Gasteiger partial charge in [0.1, 0.15) is 5.76 Å². The molecule has 1 aromatic rings. The number of hydrogen-bond donors (Lipinski definition) is 1. The molecule has 1 atom stereocenters. The van der Waals surface area contributed by atoms with Gasteiger partial charge in [-0.2, -0.15) is 0 Å². The zero-order chi connectivity index (χ0) is 10.7. The van der Waals surface area contributed by atoms with Crippen LogP contribution in [0.1, 0.15) is 19.6 Å². The topological polar surface area (TPSA) is 28.4 Å². The van der Waals surface area contributed by atoms with Crippen LogP contribution in [0.5, 0.6) is 0 Å². The highest BCUT2D eigenvalue weighted by Crippen LogP contribution is 2.11. The van der Waals surface area contributed by atoms with Crippen molar-refractivity contribution in [1.82, 2.24) is 10.2 Å². The summed E-state index contributed by atoms with van der Waals surface area (Å²) in [5.41, 5.74) is 0. The molecule has 0 spiro atoms. The predicted octanol–water partition coefficient (Wildman–Crippen LogP) is 1.71. The van der Waals surface area contributed by atoms with Crippen molar-refractivity contribution in [3.05, 3.63) is 24.2 Å². The van der Waals surface area contributed by atoms with Crippen LogP contribution in [0.4, 0.5) is 0 Å². The maximum absolute atomic E-state index is 5.37.